The molecule has 1 unspecified atom stereocenters. The molecule has 186 valence electrons. The number of rotatable bonds is 9. The third-order valence-electron chi connectivity index (χ3n) is 6.42. The Hall–Kier alpha value is -4.27. The fraction of sp³-hybridized carbons (Fsp3) is 0.296. The summed E-state index contributed by atoms with van der Waals surface area (Å²) in [5.41, 5.74) is 4.10. The van der Waals surface area contributed by atoms with Gasteiger partial charge in [0.1, 0.15) is 12.1 Å². The topological polar surface area (TPSA) is 111 Å². The monoisotopic (exact) mass is 486 g/mol. The van der Waals surface area contributed by atoms with E-state index in [1.165, 1.54) is 6.33 Å². The molecule has 9 heteroatoms. The van der Waals surface area contributed by atoms with Gasteiger partial charge in [0.25, 0.3) is 11.8 Å². The maximum absolute atomic E-state index is 12.3. The van der Waals surface area contributed by atoms with Gasteiger partial charge in [-0.05, 0) is 29.5 Å². The van der Waals surface area contributed by atoms with Crippen molar-refractivity contribution in [3.8, 4) is 22.9 Å². The molecular weight excluding hydrogens is 456 g/mol. The van der Waals surface area contributed by atoms with Gasteiger partial charge in [-0.25, -0.2) is 15.0 Å². The summed E-state index contributed by atoms with van der Waals surface area (Å²) in [6.07, 6.45) is 4.91. The zero-order valence-electron chi connectivity index (χ0n) is 21.1. The SMILES string of the molecule is CNC(=O)c1ccnc2c(C(C)[C@H](C)CNc3cc(-c4cnc(OC)c(OC)c4)ncn3)cccc12. The third-order valence-corrected chi connectivity index (χ3v) is 6.42. The number of carbonyl (C=O) groups is 1. The Morgan fingerprint density at radius 1 is 1.03 bits per heavy atom. The van der Waals surface area contributed by atoms with Crippen LogP contribution in [0.3, 0.4) is 0 Å². The number of amides is 1. The quantitative estimate of drug-likeness (QED) is 0.360. The van der Waals surface area contributed by atoms with Gasteiger partial charge in [-0.15, -0.1) is 0 Å². The van der Waals surface area contributed by atoms with Gasteiger partial charge in [0.15, 0.2) is 5.75 Å². The van der Waals surface area contributed by atoms with Crippen molar-refractivity contribution < 1.29 is 14.3 Å². The predicted octanol–water partition coefficient (Wildman–Crippen LogP) is 4.32. The number of anilines is 1. The Morgan fingerprint density at radius 3 is 2.61 bits per heavy atom. The normalized spacial score (nSPS) is 12.6. The van der Waals surface area contributed by atoms with Gasteiger partial charge in [-0.3, -0.25) is 9.78 Å². The predicted molar refractivity (Wildman–Crippen MR) is 140 cm³/mol. The van der Waals surface area contributed by atoms with Crippen molar-refractivity contribution in [2.24, 2.45) is 5.92 Å². The van der Waals surface area contributed by atoms with Crippen molar-refractivity contribution >= 4 is 22.6 Å². The number of hydrogen-bond donors (Lipinski definition) is 2. The fourth-order valence-corrected chi connectivity index (χ4v) is 4.13. The van der Waals surface area contributed by atoms with E-state index in [1.807, 2.05) is 24.3 Å². The van der Waals surface area contributed by atoms with Crippen LogP contribution in [0.2, 0.25) is 0 Å². The van der Waals surface area contributed by atoms with E-state index in [-0.39, 0.29) is 17.7 Å². The second-order valence-corrected chi connectivity index (χ2v) is 8.55. The summed E-state index contributed by atoms with van der Waals surface area (Å²) < 4.78 is 10.6. The number of carbonyl (C=O) groups excluding carboxylic acids is 1. The second-order valence-electron chi connectivity index (χ2n) is 8.55. The maximum Gasteiger partial charge on any atom is 0.256 e. The molecule has 0 bridgehead atoms. The van der Waals surface area contributed by atoms with Gasteiger partial charge >= 0.3 is 0 Å². The summed E-state index contributed by atoms with van der Waals surface area (Å²) in [5, 5.41) is 6.99. The van der Waals surface area contributed by atoms with Gasteiger partial charge in [0, 0.05) is 43.0 Å². The number of para-hydroxylation sites is 1. The van der Waals surface area contributed by atoms with Crippen molar-refractivity contribution in [2.75, 3.05) is 33.1 Å². The largest absolute Gasteiger partial charge is 0.491 e. The molecule has 0 aliphatic heterocycles. The maximum atomic E-state index is 12.3. The standard InChI is InChI=1S/C27H30N6O3/c1-16(17(2)19-7-6-8-20-21(26(34)28-3)9-10-29-25(19)20)13-30-24-12-22(32-15-33-24)18-11-23(35-4)27(36-5)31-14-18/h6-12,14-17H,13H2,1-5H3,(H,28,34)(H,30,32,33)/t16-,17?/m1/s1. The zero-order chi connectivity index (χ0) is 25.7. The molecule has 0 saturated heterocycles. The number of benzene rings is 1. The first-order valence-corrected chi connectivity index (χ1v) is 11.7. The number of nitrogens with one attached hydrogen (secondary N) is 2. The van der Waals surface area contributed by atoms with Gasteiger partial charge in [-0.1, -0.05) is 32.0 Å². The second kappa shape index (κ2) is 11.0. The van der Waals surface area contributed by atoms with Gasteiger partial charge in [0.2, 0.25) is 0 Å². The van der Waals surface area contributed by atoms with E-state index in [0.29, 0.717) is 29.6 Å². The van der Waals surface area contributed by atoms with E-state index < -0.39 is 0 Å². The van der Waals surface area contributed by atoms with E-state index in [1.54, 1.807) is 39.7 Å². The lowest BCUT2D eigenvalue weighted by Gasteiger charge is -2.22. The minimum absolute atomic E-state index is 0.119. The number of aromatic nitrogens is 4. The van der Waals surface area contributed by atoms with Crippen LogP contribution in [0.15, 0.2) is 55.1 Å². The first-order chi connectivity index (χ1) is 17.5. The Balaban J connectivity index is 1.51. The first kappa shape index (κ1) is 24.8. The highest BCUT2D eigenvalue weighted by Crippen LogP contribution is 2.32. The Morgan fingerprint density at radius 2 is 1.86 bits per heavy atom. The van der Waals surface area contributed by atoms with E-state index >= 15 is 0 Å². The molecule has 4 aromatic rings. The van der Waals surface area contributed by atoms with Crippen LogP contribution in [0.25, 0.3) is 22.2 Å². The molecule has 0 fully saturated rings. The molecule has 1 aromatic carbocycles. The van der Waals surface area contributed by atoms with Crippen molar-refractivity contribution in [1.82, 2.24) is 25.3 Å². The smallest absolute Gasteiger partial charge is 0.256 e. The third kappa shape index (κ3) is 5.05. The summed E-state index contributed by atoms with van der Waals surface area (Å²) >= 11 is 0. The highest BCUT2D eigenvalue weighted by Gasteiger charge is 2.20. The number of nitrogens with zero attached hydrogens (tertiary/aromatic N) is 4. The Labute approximate surface area is 210 Å². The molecular formula is C27H30N6O3. The van der Waals surface area contributed by atoms with E-state index in [2.05, 4.69) is 50.5 Å². The summed E-state index contributed by atoms with van der Waals surface area (Å²) in [7, 11) is 4.76. The van der Waals surface area contributed by atoms with Gasteiger partial charge < -0.3 is 20.1 Å². The molecule has 36 heavy (non-hydrogen) atoms. The van der Waals surface area contributed by atoms with E-state index in [0.717, 1.165) is 27.7 Å². The highest BCUT2D eigenvalue weighted by atomic mass is 16.5. The molecule has 2 atom stereocenters. The van der Waals surface area contributed by atoms with Crippen LogP contribution in [0.4, 0.5) is 5.82 Å². The molecule has 1 amide bonds. The highest BCUT2D eigenvalue weighted by molar-refractivity contribution is 6.06. The number of fused-ring (bicyclic) bond motifs is 1. The molecule has 4 rings (SSSR count). The van der Waals surface area contributed by atoms with Gasteiger partial charge in [0.05, 0.1) is 31.0 Å². The van der Waals surface area contributed by atoms with Crippen LogP contribution in [0, 0.1) is 5.92 Å². The molecule has 0 aliphatic carbocycles. The minimum atomic E-state index is -0.119. The number of pyridine rings is 2. The molecule has 3 heterocycles. The molecule has 0 aliphatic rings. The molecule has 0 spiro atoms. The lowest BCUT2D eigenvalue weighted by atomic mass is 9.87. The molecule has 0 saturated carbocycles. The van der Waals surface area contributed by atoms with Crippen LogP contribution >= 0.6 is 0 Å². The minimum Gasteiger partial charge on any atom is -0.491 e. The van der Waals surface area contributed by atoms with Crippen LogP contribution in [0.1, 0.15) is 35.7 Å². The van der Waals surface area contributed by atoms with Crippen LogP contribution < -0.4 is 20.1 Å². The van der Waals surface area contributed by atoms with Crippen molar-refractivity contribution in [3.05, 3.63) is 66.2 Å². The van der Waals surface area contributed by atoms with Crippen molar-refractivity contribution in [2.45, 2.75) is 19.8 Å². The summed E-state index contributed by atoms with van der Waals surface area (Å²) in [5.74, 6) is 1.99. The summed E-state index contributed by atoms with van der Waals surface area (Å²) in [6, 6.07) is 11.5. The number of ether oxygens (including phenoxy) is 2. The average Bonchev–Trinajstić information content (AvgIpc) is 2.94. The number of methoxy groups -OCH3 is 2. The van der Waals surface area contributed by atoms with Crippen LogP contribution in [0.5, 0.6) is 11.6 Å². The zero-order valence-corrected chi connectivity index (χ0v) is 21.1. The van der Waals surface area contributed by atoms with Crippen molar-refractivity contribution in [1.29, 1.82) is 0 Å². The van der Waals surface area contributed by atoms with Crippen LogP contribution in [-0.4, -0.2) is 53.7 Å². The summed E-state index contributed by atoms with van der Waals surface area (Å²) in [6.45, 7) is 5.04. The van der Waals surface area contributed by atoms with E-state index in [9.17, 15) is 4.79 Å². The van der Waals surface area contributed by atoms with E-state index in [4.69, 9.17) is 9.47 Å². The first-order valence-electron chi connectivity index (χ1n) is 11.7. The Kier molecular flexibility index (Phi) is 7.58. The fourth-order valence-electron chi connectivity index (χ4n) is 4.13. The lowest BCUT2D eigenvalue weighted by Crippen LogP contribution is -2.19. The molecule has 2 N–H and O–H groups in total. The van der Waals surface area contributed by atoms with Crippen molar-refractivity contribution in [3.63, 3.8) is 0 Å². The molecule has 3 aromatic heterocycles. The number of hydrogen-bond acceptors (Lipinski definition) is 8. The van der Waals surface area contributed by atoms with Gasteiger partial charge in [-0.2, -0.15) is 0 Å². The Bertz CT molecular complexity index is 1380. The molecule has 9 nitrogen and oxygen atoms in total. The lowest BCUT2D eigenvalue weighted by molar-refractivity contribution is 0.0964. The molecule has 0 radical (unpaired) electrons. The van der Waals surface area contributed by atoms with Crippen LogP contribution in [-0.2, 0) is 0 Å². The average molecular weight is 487 g/mol. The summed E-state index contributed by atoms with van der Waals surface area (Å²) in [4.78, 5) is 30.0.